The first-order chi connectivity index (χ1) is 9.02. The Kier molecular flexibility index (Phi) is 3.93. The lowest BCUT2D eigenvalue weighted by Gasteiger charge is -2.07. The molecule has 0 saturated heterocycles. The molecular weight excluding hydrogens is 236 g/mol. The van der Waals surface area contributed by atoms with E-state index in [1.807, 2.05) is 49.0 Å². The molecule has 102 valence electrons. The summed E-state index contributed by atoms with van der Waals surface area (Å²) in [5.41, 5.74) is 3.05. The van der Waals surface area contributed by atoms with Crippen LogP contribution in [0.25, 0.3) is 5.69 Å². The van der Waals surface area contributed by atoms with Gasteiger partial charge in [-0.15, -0.1) is 0 Å². The van der Waals surface area contributed by atoms with Crippen LogP contribution >= 0.6 is 0 Å². The van der Waals surface area contributed by atoms with Gasteiger partial charge in [0.15, 0.2) is 0 Å². The van der Waals surface area contributed by atoms with Gasteiger partial charge in [-0.2, -0.15) is 0 Å². The average Bonchev–Trinajstić information content (AvgIpc) is 2.59. The maximum Gasteiger partial charge on any atom is 0.274 e. The number of para-hydroxylation sites is 1. The van der Waals surface area contributed by atoms with Crippen molar-refractivity contribution in [2.24, 2.45) is 13.0 Å². The Balaban J connectivity index is 2.47. The SMILES string of the molecule is Cc1c(CCC(C)C)c(=O)n(-c2ccccc2)n1C. The maximum atomic E-state index is 12.6. The smallest absolute Gasteiger partial charge is 0.274 e. The summed E-state index contributed by atoms with van der Waals surface area (Å²) >= 11 is 0. The monoisotopic (exact) mass is 258 g/mol. The van der Waals surface area contributed by atoms with Crippen molar-refractivity contribution in [3.8, 4) is 5.69 Å². The number of hydrogen-bond donors (Lipinski definition) is 0. The Hall–Kier alpha value is -1.77. The quantitative estimate of drug-likeness (QED) is 0.828. The largest absolute Gasteiger partial charge is 0.285 e. The minimum absolute atomic E-state index is 0.117. The van der Waals surface area contributed by atoms with Crippen molar-refractivity contribution in [3.63, 3.8) is 0 Å². The topological polar surface area (TPSA) is 26.9 Å². The molecule has 3 nitrogen and oxygen atoms in total. The third kappa shape index (κ3) is 2.65. The van der Waals surface area contributed by atoms with E-state index < -0.39 is 0 Å². The molecule has 0 atom stereocenters. The summed E-state index contributed by atoms with van der Waals surface area (Å²) in [5.74, 6) is 0.615. The Morgan fingerprint density at radius 1 is 1.16 bits per heavy atom. The molecule has 0 saturated carbocycles. The second-order valence-corrected chi connectivity index (χ2v) is 5.47. The van der Waals surface area contributed by atoms with Gasteiger partial charge in [0.2, 0.25) is 0 Å². The van der Waals surface area contributed by atoms with E-state index in [0.717, 1.165) is 29.8 Å². The Labute approximate surface area is 114 Å². The predicted molar refractivity (Wildman–Crippen MR) is 78.9 cm³/mol. The molecule has 1 heterocycles. The van der Waals surface area contributed by atoms with Crippen LogP contribution < -0.4 is 5.56 Å². The average molecular weight is 258 g/mol. The van der Waals surface area contributed by atoms with Gasteiger partial charge in [0.05, 0.1) is 5.69 Å². The van der Waals surface area contributed by atoms with E-state index >= 15 is 0 Å². The molecule has 2 rings (SSSR count). The van der Waals surface area contributed by atoms with Gasteiger partial charge in [-0.1, -0.05) is 32.0 Å². The summed E-state index contributed by atoms with van der Waals surface area (Å²) < 4.78 is 3.71. The van der Waals surface area contributed by atoms with Crippen molar-refractivity contribution in [3.05, 3.63) is 51.9 Å². The summed E-state index contributed by atoms with van der Waals surface area (Å²) in [7, 11) is 1.95. The molecule has 2 aromatic rings. The van der Waals surface area contributed by atoms with E-state index in [0.29, 0.717) is 5.92 Å². The van der Waals surface area contributed by atoms with Crippen LogP contribution in [0.5, 0.6) is 0 Å². The van der Waals surface area contributed by atoms with Gasteiger partial charge in [0, 0.05) is 18.3 Å². The number of rotatable bonds is 4. The Morgan fingerprint density at radius 3 is 2.37 bits per heavy atom. The van der Waals surface area contributed by atoms with Gasteiger partial charge in [0.25, 0.3) is 5.56 Å². The normalized spacial score (nSPS) is 11.2. The Morgan fingerprint density at radius 2 is 1.79 bits per heavy atom. The summed E-state index contributed by atoms with van der Waals surface area (Å²) in [5, 5.41) is 0. The van der Waals surface area contributed by atoms with Gasteiger partial charge in [-0.3, -0.25) is 9.48 Å². The maximum absolute atomic E-state index is 12.6. The first kappa shape index (κ1) is 13.7. The standard InChI is InChI=1S/C16H22N2O/c1-12(2)10-11-15-13(3)17(4)18(16(15)19)14-8-6-5-7-9-14/h5-9,12H,10-11H2,1-4H3. The number of aromatic nitrogens is 2. The van der Waals surface area contributed by atoms with Crippen molar-refractivity contribution >= 4 is 0 Å². The van der Waals surface area contributed by atoms with E-state index in [4.69, 9.17) is 0 Å². The zero-order chi connectivity index (χ0) is 14.0. The molecule has 3 heteroatoms. The summed E-state index contributed by atoms with van der Waals surface area (Å²) in [4.78, 5) is 12.6. The molecule has 0 radical (unpaired) electrons. The fraction of sp³-hybridized carbons (Fsp3) is 0.438. The molecule has 0 aliphatic rings. The molecule has 0 aliphatic heterocycles. The van der Waals surface area contributed by atoms with Crippen molar-refractivity contribution in [1.82, 2.24) is 9.36 Å². The lowest BCUT2D eigenvalue weighted by atomic mass is 10.0. The van der Waals surface area contributed by atoms with Gasteiger partial charge in [0.1, 0.15) is 0 Å². The van der Waals surface area contributed by atoms with Crippen molar-refractivity contribution in [2.45, 2.75) is 33.6 Å². The lowest BCUT2D eigenvalue weighted by Crippen LogP contribution is -2.21. The van der Waals surface area contributed by atoms with Crippen molar-refractivity contribution in [1.29, 1.82) is 0 Å². The Bertz CT molecular complexity index is 606. The van der Waals surface area contributed by atoms with Crippen LogP contribution in [0.15, 0.2) is 35.1 Å². The number of benzene rings is 1. The molecule has 1 aromatic carbocycles. The molecule has 0 bridgehead atoms. The van der Waals surface area contributed by atoms with Crippen LogP contribution in [0.1, 0.15) is 31.5 Å². The molecule has 0 N–H and O–H groups in total. The number of hydrogen-bond acceptors (Lipinski definition) is 1. The summed E-state index contributed by atoms with van der Waals surface area (Å²) in [6.45, 7) is 6.40. The minimum atomic E-state index is 0.117. The van der Waals surface area contributed by atoms with Crippen LogP contribution in [0.3, 0.4) is 0 Å². The van der Waals surface area contributed by atoms with E-state index in [-0.39, 0.29) is 5.56 Å². The summed E-state index contributed by atoms with van der Waals surface area (Å²) in [6, 6.07) is 9.81. The molecule has 1 aromatic heterocycles. The zero-order valence-corrected chi connectivity index (χ0v) is 12.2. The third-order valence-corrected chi connectivity index (χ3v) is 3.65. The van der Waals surface area contributed by atoms with Crippen LogP contribution in [-0.4, -0.2) is 9.36 Å². The predicted octanol–water partition coefficient (Wildman–Crippen LogP) is 3.07. The van der Waals surface area contributed by atoms with E-state index in [1.165, 1.54) is 0 Å². The zero-order valence-electron chi connectivity index (χ0n) is 12.2. The highest BCUT2D eigenvalue weighted by atomic mass is 16.1. The van der Waals surface area contributed by atoms with Crippen LogP contribution in [0.2, 0.25) is 0 Å². The lowest BCUT2D eigenvalue weighted by molar-refractivity contribution is 0.584. The van der Waals surface area contributed by atoms with Gasteiger partial charge in [-0.05, 0) is 37.8 Å². The second kappa shape index (κ2) is 5.47. The van der Waals surface area contributed by atoms with E-state index in [1.54, 1.807) is 4.68 Å². The van der Waals surface area contributed by atoms with Crippen LogP contribution in [0, 0.1) is 12.8 Å². The highest BCUT2D eigenvalue weighted by Crippen LogP contribution is 2.13. The first-order valence-corrected chi connectivity index (χ1v) is 6.85. The van der Waals surface area contributed by atoms with Crippen molar-refractivity contribution < 1.29 is 0 Å². The van der Waals surface area contributed by atoms with Crippen LogP contribution in [-0.2, 0) is 13.5 Å². The first-order valence-electron chi connectivity index (χ1n) is 6.85. The molecular formula is C16H22N2O. The fourth-order valence-electron chi connectivity index (χ4n) is 2.34. The van der Waals surface area contributed by atoms with Crippen LogP contribution in [0.4, 0.5) is 0 Å². The molecule has 0 spiro atoms. The molecule has 19 heavy (non-hydrogen) atoms. The van der Waals surface area contributed by atoms with E-state index in [9.17, 15) is 4.79 Å². The van der Waals surface area contributed by atoms with E-state index in [2.05, 4.69) is 13.8 Å². The number of nitrogens with zero attached hydrogens (tertiary/aromatic N) is 2. The third-order valence-electron chi connectivity index (χ3n) is 3.65. The summed E-state index contributed by atoms with van der Waals surface area (Å²) in [6.07, 6.45) is 1.91. The highest BCUT2D eigenvalue weighted by molar-refractivity contribution is 5.33. The molecule has 0 unspecified atom stereocenters. The van der Waals surface area contributed by atoms with Gasteiger partial charge < -0.3 is 0 Å². The molecule has 0 amide bonds. The highest BCUT2D eigenvalue weighted by Gasteiger charge is 2.15. The second-order valence-electron chi connectivity index (χ2n) is 5.47. The molecule has 0 fully saturated rings. The van der Waals surface area contributed by atoms with Crippen molar-refractivity contribution in [2.75, 3.05) is 0 Å². The van der Waals surface area contributed by atoms with Gasteiger partial charge >= 0.3 is 0 Å². The molecule has 0 aliphatic carbocycles. The fourth-order valence-corrected chi connectivity index (χ4v) is 2.34. The minimum Gasteiger partial charge on any atom is -0.285 e. The van der Waals surface area contributed by atoms with Gasteiger partial charge in [-0.25, -0.2) is 4.68 Å².